The van der Waals surface area contributed by atoms with Gasteiger partial charge >= 0.3 is 58.4 Å². The van der Waals surface area contributed by atoms with Gasteiger partial charge in [-0.05, 0) is 18.2 Å². The molecule has 9 heteroatoms. The molecule has 2 rings (SSSR count). The Morgan fingerprint density at radius 1 is 1.14 bits per heavy atom. The van der Waals surface area contributed by atoms with Gasteiger partial charge in [0.1, 0.15) is 18.2 Å². The summed E-state index contributed by atoms with van der Waals surface area (Å²) in [5.41, 5.74) is -0.372. The van der Waals surface area contributed by atoms with Crippen LogP contribution in [0.3, 0.4) is 0 Å². The molecule has 21 heavy (non-hydrogen) atoms. The molecule has 0 spiro atoms. The summed E-state index contributed by atoms with van der Waals surface area (Å²) in [6, 6.07) is 4.57. The molecule has 0 amide bonds. The van der Waals surface area contributed by atoms with Gasteiger partial charge in [0.15, 0.2) is 0 Å². The first kappa shape index (κ1) is 18.9. The van der Waals surface area contributed by atoms with E-state index in [1.165, 1.54) is 18.3 Å². The zero-order chi connectivity index (χ0) is 14.8. The smallest absolute Gasteiger partial charge is 0.487 e. The van der Waals surface area contributed by atoms with Gasteiger partial charge in [0.25, 0.3) is 0 Å². The summed E-state index contributed by atoms with van der Waals surface area (Å²) in [5, 5.41) is 0.147. The van der Waals surface area contributed by atoms with Gasteiger partial charge in [-0.2, -0.15) is 0 Å². The van der Waals surface area contributed by atoms with Crippen molar-refractivity contribution in [3.05, 3.63) is 53.1 Å². The first-order chi connectivity index (χ1) is 9.36. The van der Waals surface area contributed by atoms with Crippen molar-refractivity contribution in [1.29, 1.82) is 0 Å². The molecule has 1 aromatic heterocycles. The molecule has 106 valence electrons. The Hall–Kier alpha value is -0.119. The summed E-state index contributed by atoms with van der Waals surface area (Å²) >= 11 is 5.79. The molecule has 0 aliphatic rings. The van der Waals surface area contributed by atoms with Crippen LogP contribution in [-0.2, 0) is 6.61 Å². The Balaban J connectivity index is 0.00000220. The molecular formula is C12H8BClF4KNO. The topological polar surface area (TPSA) is 22.1 Å². The number of halogens is 5. The van der Waals surface area contributed by atoms with Gasteiger partial charge in [-0.3, -0.25) is 4.98 Å². The second-order valence-electron chi connectivity index (χ2n) is 4.05. The van der Waals surface area contributed by atoms with E-state index in [-0.39, 0.29) is 68.8 Å². The second kappa shape index (κ2) is 7.94. The number of aromatic nitrogens is 1. The first-order valence-corrected chi connectivity index (χ1v) is 5.95. The Kier molecular flexibility index (Phi) is 7.16. The van der Waals surface area contributed by atoms with E-state index < -0.39 is 18.3 Å². The van der Waals surface area contributed by atoms with Gasteiger partial charge in [-0.25, -0.2) is 4.39 Å². The maximum atomic E-state index is 12.8. The third-order valence-electron chi connectivity index (χ3n) is 2.52. The minimum atomic E-state index is -5.13. The minimum absolute atomic E-state index is 0. The molecule has 2 nitrogen and oxygen atoms in total. The fourth-order valence-electron chi connectivity index (χ4n) is 1.49. The predicted octanol–water partition coefficient (Wildman–Crippen LogP) is 0.512. The molecule has 0 aliphatic heterocycles. The van der Waals surface area contributed by atoms with Gasteiger partial charge in [-0.1, -0.05) is 23.1 Å². The average Bonchev–Trinajstić information content (AvgIpc) is 2.37. The summed E-state index contributed by atoms with van der Waals surface area (Å²) in [5.74, 6) is -0.524. The van der Waals surface area contributed by atoms with Gasteiger partial charge in [0, 0.05) is 11.8 Å². The molecule has 0 atom stereocenters. The van der Waals surface area contributed by atoms with Crippen molar-refractivity contribution in [2.24, 2.45) is 0 Å². The summed E-state index contributed by atoms with van der Waals surface area (Å²) in [6.45, 7) is -5.20. The number of nitrogens with zero attached hydrogens (tertiary/aromatic N) is 1. The summed E-state index contributed by atoms with van der Waals surface area (Å²) < 4.78 is 55.7. The molecule has 0 aliphatic carbocycles. The van der Waals surface area contributed by atoms with Gasteiger partial charge in [-0.15, -0.1) is 0 Å². The third-order valence-corrected chi connectivity index (χ3v) is 2.87. The molecule has 0 unspecified atom stereocenters. The summed E-state index contributed by atoms with van der Waals surface area (Å²) in [6.07, 6.45) is 1.90. The van der Waals surface area contributed by atoms with Gasteiger partial charge < -0.3 is 17.7 Å². The van der Waals surface area contributed by atoms with Crippen molar-refractivity contribution < 1.29 is 73.5 Å². The summed E-state index contributed by atoms with van der Waals surface area (Å²) in [4.78, 5) is 3.48. The fraction of sp³-hybridized carbons (Fsp3) is 0.0833. The maximum absolute atomic E-state index is 12.8. The van der Waals surface area contributed by atoms with E-state index in [9.17, 15) is 17.3 Å². The van der Waals surface area contributed by atoms with Crippen LogP contribution in [0, 0.1) is 5.82 Å². The van der Waals surface area contributed by atoms with E-state index in [2.05, 4.69) is 4.98 Å². The van der Waals surface area contributed by atoms with Crippen molar-refractivity contribution >= 4 is 24.0 Å². The van der Waals surface area contributed by atoms with Crippen molar-refractivity contribution in [3.8, 4) is 5.75 Å². The molecule has 0 N–H and O–H groups in total. The maximum Gasteiger partial charge on any atom is 1.00 e. The van der Waals surface area contributed by atoms with E-state index in [0.717, 1.165) is 18.3 Å². The van der Waals surface area contributed by atoms with Crippen LogP contribution in [0.25, 0.3) is 0 Å². The standard InChI is InChI=1S/C12H8BClF4NO.K/c14-12-4-10(15)2-1-8(12)7-20-11-3-9(5-19-6-11)13(16,17)18;/h1-6H,7H2;/q-1;+1. The predicted molar refractivity (Wildman–Crippen MR) is 68.7 cm³/mol. The average molecular weight is 344 g/mol. The third kappa shape index (κ3) is 5.54. The van der Waals surface area contributed by atoms with Crippen LogP contribution < -0.4 is 61.6 Å². The number of benzene rings is 1. The number of hydrogen-bond donors (Lipinski definition) is 0. The minimum Gasteiger partial charge on any atom is -0.487 e. The molecule has 0 bridgehead atoms. The Morgan fingerprint density at radius 2 is 1.86 bits per heavy atom. The molecule has 0 radical (unpaired) electrons. The SMILES string of the molecule is Fc1ccc(COc2cncc([B-](F)(F)F)c2)c(Cl)c1.[K+]. The number of rotatable bonds is 4. The van der Waals surface area contributed by atoms with Crippen molar-refractivity contribution in [1.82, 2.24) is 4.98 Å². The molecule has 1 heterocycles. The van der Waals surface area contributed by atoms with Crippen LogP contribution in [0.1, 0.15) is 5.56 Å². The zero-order valence-corrected chi connectivity index (χ0v) is 14.9. The molecule has 0 fully saturated rings. The van der Waals surface area contributed by atoms with E-state index in [1.54, 1.807) is 0 Å². The number of pyridine rings is 1. The Morgan fingerprint density at radius 3 is 2.48 bits per heavy atom. The van der Waals surface area contributed by atoms with Crippen LogP contribution >= 0.6 is 11.6 Å². The van der Waals surface area contributed by atoms with Crippen molar-refractivity contribution in [2.45, 2.75) is 6.61 Å². The fourth-order valence-corrected chi connectivity index (χ4v) is 1.72. The van der Waals surface area contributed by atoms with Crippen LogP contribution in [0.5, 0.6) is 5.75 Å². The van der Waals surface area contributed by atoms with Crippen molar-refractivity contribution in [3.63, 3.8) is 0 Å². The van der Waals surface area contributed by atoms with Gasteiger partial charge in [0.2, 0.25) is 0 Å². The van der Waals surface area contributed by atoms with Crippen LogP contribution in [-0.4, -0.2) is 12.0 Å². The van der Waals surface area contributed by atoms with E-state index in [1.807, 2.05) is 0 Å². The molecule has 0 saturated carbocycles. The summed E-state index contributed by atoms with van der Waals surface area (Å²) in [7, 11) is 0. The quantitative estimate of drug-likeness (QED) is 0.596. The normalized spacial score (nSPS) is 10.9. The molecule has 0 saturated heterocycles. The molecular weight excluding hydrogens is 335 g/mol. The molecule has 1 aromatic carbocycles. The monoisotopic (exact) mass is 343 g/mol. The Bertz CT molecular complexity index is 626. The van der Waals surface area contributed by atoms with E-state index in [0.29, 0.717) is 5.56 Å². The largest absolute Gasteiger partial charge is 1.00 e. The number of ether oxygens (including phenoxy) is 1. The van der Waals surface area contributed by atoms with Crippen molar-refractivity contribution in [2.75, 3.05) is 0 Å². The second-order valence-corrected chi connectivity index (χ2v) is 4.46. The first-order valence-electron chi connectivity index (χ1n) is 5.58. The zero-order valence-electron chi connectivity index (χ0n) is 11.0. The van der Waals surface area contributed by atoms with Gasteiger partial charge in [0.05, 0.1) is 11.2 Å². The Labute approximate surface area is 166 Å². The number of hydrogen-bond acceptors (Lipinski definition) is 2. The van der Waals surface area contributed by atoms with E-state index >= 15 is 0 Å². The van der Waals surface area contributed by atoms with Crippen LogP contribution in [0.4, 0.5) is 17.3 Å². The van der Waals surface area contributed by atoms with Crippen LogP contribution in [0.15, 0.2) is 36.7 Å². The molecule has 2 aromatic rings. The van der Waals surface area contributed by atoms with Crippen LogP contribution in [0.2, 0.25) is 5.02 Å². The van der Waals surface area contributed by atoms with E-state index in [4.69, 9.17) is 16.3 Å².